The molecule has 0 aliphatic rings. The van der Waals surface area contributed by atoms with Crippen LogP contribution in [0.15, 0.2) is 18.5 Å². The van der Waals surface area contributed by atoms with Gasteiger partial charge in [0.1, 0.15) is 5.60 Å². The van der Waals surface area contributed by atoms with Crippen LogP contribution in [-0.4, -0.2) is 42.3 Å². The van der Waals surface area contributed by atoms with E-state index < -0.39 is 11.7 Å². The second-order valence-corrected chi connectivity index (χ2v) is 5.83. The average molecular weight is 292 g/mol. The summed E-state index contributed by atoms with van der Waals surface area (Å²) in [5, 5.41) is 2.70. The van der Waals surface area contributed by atoms with E-state index in [1.54, 1.807) is 12.4 Å². The van der Waals surface area contributed by atoms with Crippen molar-refractivity contribution in [2.24, 2.45) is 0 Å². The number of ether oxygens (including phenoxy) is 1. The zero-order valence-corrected chi connectivity index (χ0v) is 13.4. The van der Waals surface area contributed by atoms with Crippen molar-refractivity contribution in [3.8, 4) is 0 Å². The van der Waals surface area contributed by atoms with E-state index in [4.69, 9.17) is 4.74 Å². The first-order valence-electron chi connectivity index (χ1n) is 6.91. The fourth-order valence-corrected chi connectivity index (χ4v) is 1.44. The first-order chi connectivity index (χ1) is 9.78. The highest BCUT2D eigenvalue weighted by Gasteiger charge is 2.15. The molecule has 1 aromatic heterocycles. The van der Waals surface area contributed by atoms with Crippen molar-refractivity contribution in [1.82, 2.24) is 15.3 Å². The summed E-state index contributed by atoms with van der Waals surface area (Å²) in [7, 11) is 3.79. The summed E-state index contributed by atoms with van der Waals surface area (Å²) >= 11 is 0. The van der Waals surface area contributed by atoms with E-state index in [0.717, 1.165) is 5.56 Å². The summed E-state index contributed by atoms with van der Waals surface area (Å²) in [6.45, 7) is 6.04. The number of anilines is 1. The lowest BCUT2D eigenvalue weighted by molar-refractivity contribution is 0.0529. The normalized spacial score (nSPS) is 11.5. The molecule has 21 heavy (non-hydrogen) atoms. The third kappa shape index (κ3) is 7.29. The van der Waals surface area contributed by atoms with Crippen molar-refractivity contribution in [2.45, 2.75) is 32.8 Å². The lowest BCUT2D eigenvalue weighted by Gasteiger charge is -2.19. The van der Waals surface area contributed by atoms with Crippen LogP contribution in [0, 0.1) is 0 Å². The second-order valence-electron chi connectivity index (χ2n) is 5.83. The Kier molecular flexibility index (Phi) is 6.14. The molecule has 0 atom stereocenters. The van der Waals surface area contributed by atoms with Crippen molar-refractivity contribution in [1.29, 1.82) is 0 Å². The Hall–Kier alpha value is -2.11. The molecule has 1 rings (SSSR count). The molecule has 0 aliphatic carbocycles. The zero-order chi connectivity index (χ0) is 15.9. The van der Waals surface area contributed by atoms with Crippen LogP contribution in [0.4, 0.5) is 10.7 Å². The maximum atomic E-state index is 11.4. The third-order valence-corrected chi connectivity index (χ3v) is 2.35. The number of nitrogens with zero attached hydrogens (tertiary/aromatic N) is 3. The Labute approximate surface area is 126 Å². The molecule has 0 aliphatic heterocycles. The highest BCUT2D eigenvalue weighted by Crippen LogP contribution is 2.07. The van der Waals surface area contributed by atoms with E-state index in [2.05, 4.69) is 15.3 Å². The van der Waals surface area contributed by atoms with Crippen LogP contribution in [0.1, 0.15) is 32.8 Å². The van der Waals surface area contributed by atoms with Gasteiger partial charge in [0.25, 0.3) is 0 Å². The van der Waals surface area contributed by atoms with Crippen LogP contribution in [0.3, 0.4) is 0 Å². The summed E-state index contributed by atoms with van der Waals surface area (Å²) in [5.74, 6) is 0.679. The number of hydrogen-bond acceptors (Lipinski definition) is 5. The lowest BCUT2D eigenvalue weighted by atomic mass is 10.2. The van der Waals surface area contributed by atoms with Gasteiger partial charge in [0.15, 0.2) is 0 Å². The molecule has 0 saturated heterocycles. The molecule has 0 radical (unpaired) electrons. The van der Waals surface area contributed by atoms with Gasteiger partial charge < -0.3 is 15.0 Å². The van der Waals surface area contributed by atoms with Gasteiger partial charge in [-0.3, -0.25) is 0 Å². The Morgan fingerprint density at radius 3 is 2.48 bits per heavy atom. The Bertz CT molecular complexity index is 475. The summed E-state index contributed by atoms with van der Waals surface area (Å²) in [6.07, 6.45) is 7.74. The molecular weight excluding hydrogens is 268 g/mol. The van der Waals surface area contributed by atoms with Gasteiger partial charge in [0.2, 0.25) is 5.95 Å². The van der Waals surface area contributed by atoms with Crippen LogP contribution >= 0.6 is 0 Å². The molecule has 1 N–H and O–H groups in total. The molecule has 1 amide bonds. The van der Waals surface area contributed by atoms with Crippen molar-refractivity contribution in [2.75, 3.05) is 25.5 Å². The average Bonchev–Trinajstić information content (AvgIpc) is 2.36. The van der Waals surface area contributed by atoms with Crippen LogP contribution < -0.4 is 10.2 Å². The van der Waals surface area contributed by atoms with Gasteiger partial charge in [-0.1, -0.05) is 12.2 Å². The number of carbonyl (C=O) groups excluding carboxylic acids is 1. The van der Waals surface area contributed by atoms with Gasteiger partial charge in [0, 0.05) is 38.6 Å². The fraction of sp³-hybridized carbons (Fsp3) is 0.533. The van der Waals surface area contributed by atoms with Gasteiger partial charge in [-0.05, 0) is 27.2 Å². The number of alkyl carbamates (subject to hydrolysis) is 1. The summed E-state index contributed by atoms with van der Waals surface area (Å²) in [6, 6.07) is 0. The molecule has 0 bridgehead atoms. The minimum absolute atomic E-state index is 0.394. The van der Waals surface area contributed by atoms with Crippen LogP contribution in [0.2, 0.25) is 0 Å². The van der Waals surface area contributed by atoms with Gasteiger partial charge >= 0.3 is 6.09 Å². The fourth-order valence-electron chi connectivity index (χ4n) is 1.44. The maximum absolute atomic E-state index is 11.4. The van der Waals surface area contributed by atoms with E-state index in [1.807, 2.05) is 51.9 Å². The smallest absolute Gasteiger partial charge is 0.407 e. The molecule has 1 aromatic rings. The Balaban J connectivity index is 2.30. The lowest BCUT2D eigenvalue weighted by Crippen LogP contribution is -2.32. The van der Waals surface area contributed by atoms with E-state index in [1.165, 1.54) is 0 Å². The van der Waals surface area contributed by atoms with Crippen molar-refractivity contribution >= 4 is 18.1 Å². The first-order valence-corrected chi connectivity index (χ1v) is 6.91. The molecule has 0 fully saturated rings. The van der Waals surface area contributed by atoms with Crippen molar-refractivity contribution < 1.29 is 9.53 Å². The van der Waals surface area contributed by atoms with Crippen LogP contribution in [0.5, 0.6) is 0 Å². The molecule has 0 unspecified atom stereocenters. The highest BCUT2D eigenvalue weighted by molar-refractivity contribution is 5.67. The monoisotopic (exact) mass is 292 g/mol. The molecular formula is C15H24N4O2. The number of hydrogen-bond donors (Lipinski definition) is 1. The van der Waals surface area contributed by atoms with E-state index in [-0.39, 0.29) is 0 Å². The largest absolute Gasteiger partial charge is 0.444 e. The SMILES string of the molecule is CN(C)c1ncc(C=CCCNC(=O)OC(C)(C)C)cn1. The van der Waals surface area contributed by atoms with Crippen molar-refractivity contribution in [3.05, 3.63) is 24.0 Å². The predicted molar refractivity (Wildman–Crippen MR) is 84.2 cm³/mol. The molecule has 0 spiro atoms. The number of nitrogens with one attached hydrogen (secondary N) is 1. The minimum Gasteiger partial charge on any atom is -0.444 e. The highest BCUT2D eigenvalue weighted by atomic mass is 16.6. The van der Waals surface area contributed by atoms with E-state index in [9.17, 15) is 4.79 Å². The first kappa shape index (κ1) is 16.9. The maximum Gasteiger partial charge on any atom is 0.407 e. The van der Waals surface area contributed by atoms with E-state index >= 15 is 0 Å². The van der Waals surface area contributed by atoms with Gasteiger partial charge in [-0.2, -0.15) is 0 Å². The van der Waals surface area contributed by atoms with Gasteiger partial charge in [0.05, 0.1) is 0 Å². The number of amides is 1. The molecule has 1 heterocycles. The molecule has 6 nitrogen and oxygen atoms in total. The quantitative estimate of drug-likeness (QED) is 0.844. The summed E-state index contributed by atoms with van der Waals surface area (Å²) in [4.78, 5) is 21.7. The third-order valence-electron chi connectivity index (χ3n) is 2.35. The zero-order valence-electron chi connectivity index (χ0n) is 13.4. The van der Waals surface area contributed by atoms with Gasteiger partial charge in [-0.25, -0.2) is 14.8 Å². The number of rotatable bonds is 5. The number of carbonyl (C=O) groups is 1. The summed E-state index contributed by atoms with van der Waals surface area (Å²) in [5.41, 5.74) is 0.462. The summed E-state index contributed by atoms with van der Waals surface area (Å²) < 4.78 is 5.14. The van der Waals surface area contributed by atoms with E-state index in [0.29, 0.717) is 18.9 Å². The van der Waals surface area contributed by atoms with Crippen molar-refractivity contribution in [3.63, 3.8) is 0 Å². The minimum atomic E-state index is -0.467. The Morgan fingerprint density at radius 1 is 1.33 bits per heavy atom. The van der Waals surface area contributed by atoms with Gasteiger partial charge in [-0.15, -0.1) is 0 Å². The molecule has 0 aromatic carbocycles. The Morgan fingerprint density at radius 2 is 1.95 bits per heavy atom. The predicted octanol–water partition coefficient (Wildman–Crippen LogP) is 2.47. The van der Waals surface area contributed by atoms with Crippen LogP contribution in [0.25, 0.3) is 6.08 Å². The molecule has 116 valence electrons. The second kappa shape index (κ2) is 7.61. The molecule has 0 saturated carbocycles. The number of aromatic nitrogens is 2. The molecule has 6 heteroatoms. The standard InChI is InChI=1S/C15H24N4O2/c1-15(2,3)21-14(20)16-9-7-6-8-12-10-17-13(18-11-12)19(4)5/h6,8,10-11H,7,9H2,1-5H3,(H,16,20). The topological polar surface area (TPSA) is 67.4 Å². The van der Waals surface area contributed by atoms with Crippen LogP contribution in [-0.2, 0) is 4.74 Å².